The highest BCUT2D eigenvalue weighted by molar-refractivity contribution is 6.01. The summed E-state index contributed by atoms with van der Waals surface area (Å²) in [6, 6.07) is 5.48. The van der Waals surface area contributed by atoms with Crippen LogP contribution in [0.3, 0.4) is 0 Å². The van der Waals surface area contributed by atoms with Crippen molar-refractivity contribution in [1.29, 1.82) is 0 Å². The molecule has 6 atom stereocenters. The Morgan fingerprint density at radius 2 is 1.88 bits per heavy atom. The van der Waals surface area contributed by atoms with Gasteiger partial charge in [0.25, 0.3) is 0 Å². The number of benzene rings is 1. The average Bonchev–Trinajstić information content (AvgIpc) is 3.10. The number of esters is 1. The maximum Gasteiger partial charge on any atom is 0.310 e. The summed E-state index contributed by atoms with van der Waals surface area (Å²) < 4.78 is 10.5. The number of rotatable bonds is 8. The van der Waals surface area contributed by atoms with Crippen LogP contribution in [0.15, 0.2) is 36.4 Å². The third kappa shape index (κ3) is 4.37. The molecule has 174 valence electrons. The number of hydrogen-bond acceptors (Lipinski definition) is 6. The normalized spacial score (nSPS) is 27.6. The molecule has 0 radical (unpaired) electrons. The number of amides is 2. The van der Waals surface area contributed by atoms with Gasteiger partial charge in [-0.3, -0.25) is 14.4 Å². The van der Waals surface area contributed by atoms with Crippen molar-refractivity contribution in [2.75, 3.05) is 25.6 Å². The molecule has 1 aromatic carbocycles. The molecule has 2 N–H and O–H groups in total. The number of aliphatic hydroxyl groups excluding tert-OH is 1. The van der Waals surface area contributed by atoms with Crippen LogP contribution < -0.4 is 10.1 Å². The first-order valence-electron chi connectivity index (χ1n) is 11.1. The van der Waals surface area contributed by atoms with Crippen LogP contribution >= 0.6 is 0 Å². The lowest BCUT2D eigenvalue weighted by Gasteiger charge is -2.33. The highest BCUT2D eigenvalue weighted by atomic mass is 16.5. The van der Waals surface area contributed by atoms with E-state index in [2.05, 4.69) is 5.32 Å². The second-order valence-electron chi connectivity index (χ2n) is 8.28. The van der Waals surface area contributed by atoms with Crippen LogP contribution in [-0.4, -0.2) is 60.2 Å². The van der Waals surface area contributed by atoms with Crippen LogP contribution in [-0.2, 0) is 19.1 Å². The number of allylic oxidation sites excluding steroid dienone is 1. The quantitative estimate of drug-likeness (QED) is 0.471. The molecule has 1 aromatic rings. The molecule has 0 aromatic heterocycles. The molecule has 32 heavy (non-hydrogen) atoms. The molecule has 8 heteroatoms. The number of fused-ring (bicyclic) bond motifs is 1. The number of nitrogens with one attached hydrogen (secondary N) is 1. The molecule has 1 fully saturated rings. The van der Waals surface area contributed by atoms with E-state index in [0.717, 1.165) is 0 Å². The summed E-state index contributed by atoms with van der Waals surface area (Å²) in [5, 5.41) is 12.7. The number of nitrogens with zero attached hydrogens (tertiary/aromatic N) is 1. The molecule has 8 nitrogen and oxygen atoms in total. The zero-order valence-corrected chi connectivity index (χ0v) is 19.0. The molecule has 3 rings (SSSR count). The third-order valence-corrected chi connectivity index (χ3v) is 6.44. The van der Waals surface area contributed by atoms with Gasteiger partial charge in [0.2, 0.25) is 11.8 Å². The van der Waals surface area contributed by atoms with Gasteiger partial charge in [-0.05, 0) is 50.5 Å². The Bertz CT molecular complexity index is 868. The minimum absolute atomic E-state index is 0.145. The largest absolute Gasteiger partial charge is 0.497 e. The van der Waals surface area contributed by atoms with Crippen molar-refractivity contribution in [3.63, 3.8) is 0 Å². The summed E-state index contributed by atoms with van der Waals surface area (Å²) in [6.45, 7) is 5.32. The second-order valence-corrected chi connectivity index (χ2v) is 8.28. The summed E-state index contributed by atoms with van der Waals surface area (Å²) in [4.78, 5) is 41.2. The third-order valence-electron chi connectivity index (χ3n) is 6.44. The minimum Gasteiger partial charge on any atom is -0.497 e. The maximum absolute atomic E-state index is 13.5. The van der Waals surface area contributed by atoms with Crippen LogP contribution in [0, 0.1) is 23.7 Å². The summed E-state index contributed by atoms with van der Waals surface area (Å²) in [5.74, 6) is -2.42. The standard InChI is InChI=1S/C24H32N2O6/c1-5-15-7-12-18-20(19(15)24(30)32-6-2)23(29)26(14(3)13-27)21(18)22(28)25-16-8-10-17(31-4)11-9-16/h7-12,14-15,18-21,27H,5-6,13H2,1-4H3,(H,25,28)/t14-,15-,18+,19-,20+,21+/m1/s1. The van der Waals surface area contributed by atoms with E-state index in [1.165, 1.54) is 4.90 Å². The summed E-state index contributed by atoms with van der Waals surface area (Å²) in [6.07, 6.45) is 4.49. The molecule has 1 saturated heterocycles. The van der Waals surface area contributed by atoms with Gasteiger partial charge in [-0.15, -0.1) is 0 Å². The molecule has 1 aliphatic carbocycles. The van der Waals surface area contributed by atoms with Crippen LogP contribution in [0.4, 0.5) is 5.69 Å². The number of carbonyl (C=O) groups excluding carboxylic acids is 3. The molecule has 1 heterocycles. The lowest BCUT2D eigenvalue weighted by Crippen LogP contribution is -2.49. The molecule has 0 saturated carbocycles. The van der Waals surface area contributed by atoms with Crippen LogP contribution in [0.5, 0.6) is 5.75 Å². The monoisotopic (exact) mass is 444 g/mol. The number of aliphatic hydroxyl groups is 1. The molecular weight excluding hydrogens is 412 g/mol. The molecule has 0 bridgehead atoms. The Morgan fingerprint density at radius 3 is 2.44 bits per heavy atom. The van der Waals surface area contributed by atoms with Crippen molar-refractivity contribution in [2.45, 2.75) is 39.3 Å². The van der Waals surface area contributed by atoms with E-state index in [9.17, 15) is 19.5 Å². The summed E-state index contributed by atoms with van der Waals surface area (Å²) in [5.41, 5.74) is 0.566. The zero-order valence-electron chi connectivity index (χ0n) is 19.0. The van der Waals surface area contributed by atoms with Crippen LogP contribution in [0.25, 0.3) is 0 Å². The van der Waals surface area contributed by atoms with Crippen molar-refractivity contribution in [2.24, 2.45) is 23.7 Å². The molecule has 0 spiro atoms. The Balaban J connectivity index is 1.96. The fraction of sp³-hybridized carbons (Fsp3) is 0.542. The first-order chi connectivity index (χ1) is 15.4. The number of hydrogen-bond donors (Lipinski definition) is 2. The van der Waals surface area contributed by atoms with Gasteiger partial charge in [0.15, 0.2) is 0 Å². The topological polar surface area (TPSA) is 105 Å². The van der Waals surface area contributed by atoms with Crippen molar-refractivity contribution >= 4 is 23.5 Å². The first-order valence-corrected chi connectivity index (χ1v) is 11.1. The van der Waals surface area contributed by atoms with E-state index in [1.54, 1.807) is 45.2 Å². The lowest BCUT2D eigenvalue weighted by molar-refractivity contribution is -0.156. The Hall–Kier alpha value is -2.87. The molecular formula is C24H32N2O6. The Kier molecular flexibility index (Phi) is 7.56. The summed E-state index contributed by atoms with van der Waals surface area (Å²) in [7, 11) is 1.56. The smallest absolute Gasteiger partial charge is 0.310 e. The van der Waals surface area contributed by atoms with Gasteiger partial charge in [0, 0.05) is 11.6 Å². The molecule has 0 unspecified atom stereocenters. The van der Waals surface area contributed by atoms with Crippen molar-refractivity contribution in [3.05, 3.63) is 36.4 Å². The predicted molar refractivity (Wildman–Crippen MR) is 119 cm³/mol. The van der Waals surface area contributed by atoms with Gasteiger partial charge in [-0.25, -0.2) is 0 Å². The van der Waals surface area contributed by atoms with E-state index < -0.39 is 35.8 Å². The van der Waals surface area contributed by atoms with Gasteiger partial charge < -0.3 is 24.8 Å². The first kappa shape index (κ1) is 23.8. The Morgan fingerprint density at radius 1 is 1.19 bits per heavy atom. The maximum atomic E-state index is 13.5. The summed E-state index contributed by atoms with van der Waals surface area (Å²) >= 11 is 0. The Labute approximate surface area is 188 Å². The van der Waals surface area contributed by atoms with Crippen LogP contribution in [0.2, 0.25) is 0 Å². The van der Waals surface area contributed by atoms with Gasteiger partial charge in [-0.1, -0.05) is 19.1 Å². The number of likely N-dealkylation sites (tertiary alicyclic amines) is 1. The fourth-order valence-corrected chi connectivity index (χ4v) is 4.85. The number of ether oxygens (including phenoxy) is 2. The van der Waals surface area contributed by atoms with E-state index in [1.807, 2.05) is 19.1 Å². The average molecular weight is 445 g/mol. The van der Waals surface area contributed by atoms with E-state index >= 15 is 0 Å². The fourth-order valence-electron chi connectivity index (χ4n) is 4.85. The van der Waals surface area contributed by atoms with Crippen molar-refractivity contribution < 1.29 is 29.0 Å². The van der Waals surface area contributed by atoms with Gasteiger partial charge in [0.05, 0.1) is 38.2 Å². The molecule has 1 aliphatic heterocycles. The number of carbonyl (C=O) groups is 3. The van der Waals surface area contributed by atoms with E-state index in [-0.39, 0.29) is 30.9 Å². The number of methoxy groups -OCH3 is 1. The van der Waals surface area contributed by atoms with Gasteiger partial charge >= 0.3 is 5.97 Å². The van der Waals surface area contributed by atoms with Crippen LogP contribution in [0.1, 0.15) is 27.2 Å². The SMILES string of the molecule is CCOC(=O)[C@H]1[C@H]2C(=O)N([C@H](C)CO)[C@H](C(=O)Nc3ccc(OC)cc3)[C@H]2C=C[C@H]1CC. The highest BCUT2D eigenvalue weighted by Crippen LogP contribution is 2.46. The van der Waals surface area contributed by atoms with Gasteiger partial charge in [0.1, 0.15) is 11.8 Å². The molecule has 2 aliphatic rings. The number of anilines is 1. The molecule has 2 amide bonds. The second kappa shape index (κ2) is 10.2. The highest BCUT2D eigenvalue weighted by Gasteiger charge is 2.58. The minimum atomic E-state index is -0.845. The van der Waals surface area contributed by atoms with Gasteiger partial charge in [-0.2, -0.15) is 0 Å². The van der Waals surface area contributed by atoms with Crippen molar-refractivity contribution in [3.8, 4) is 5.75 Å². The lowest BCUT2D eigenvalue weighted by atomic mass is 9.69. The van der Waals surface area contributed by atoms with E-state index in [0.29, 0.717) is 17.9 Å². The zero-order chi connectivity index (χ0) is 23.4. The predicted octanol–water partition coefficient (Wildman–Crippen LogP) is 2.23. The van der Waals surface area contributed by atoms with E-state index in [4.69, 9.17) is 9.47 Å². The van der Waals surface area contributed by atoms with Crippen molar-refractivity contribution in [1.82, 2.24) is 4.90 Å².